The largest absolute Gasteiger partial charge is 0.175 e. The van der Waals surface area contributed by atoms with Crippen molar-refractivity contribution in [3.63, 3.8) is 0 Å². The van der Waals surface area contributed by atoms with Crippen LogP contribution in [0.1, 0.15) is 44.9 Å². The molecule has 0 nitrogen and oxygen atoms in total. The normalized spacial score (nSPS) is 9.21. The van der Waals surface area contributed by atoms with Crippen molar-refractivity contribution in [1.29, 1.82) is 0 Å². The van der Waals surface area contributed by atoms with Crippen molar-refractivity contribution in [2.75, 3.05) is 5.75 Å². The molecular formula is C13H22S. The molecule has 0 aromatic carbocycles. The minimum absolute atomic E-state index is 0.790. The number of rotatable bonds is 9. The lowest BCUT2D eigenvalue weighted by Crippen LogP contribution is -1.77. The van der Waals surface area contributed by atoms with Gasteiger partial charge in [-0.15, -0.1) is 12.3 Å². The highest BCUT2D eigenvalue weighted by Crippen LogP contribution is 2.07. The fourth-order valence-corrected chi connectivity index (χ4v) is 1.39. The van der Waals surface area contributed by atoms with E-state index in [0.717, 1.165) is 12.2 Å². The minimum atomic E-state index is 0.790. The average Bonchev–Trinajstić information content (AvgIpc) is 2.21. The molecule has 0 atom stereocenters. The first-order valence-corrected chi connectivity index (χ1v) is 6.16. The van der Waals surface area contributed by atoms with Gasteiger partial charge in [0, 0.05) is 5.75 Å². The number of unbranched alkanes of at least 4 members (excludes halogenated alkanes) is 6. The third kappa shape index (κ3) is 11.6. The first-order valence-electron chi connectivity index (χ1n) is 5.53. The molecule has 0 fully saturated rings. The molecule has 0 aromatic heterocycles. The van der Waals surface area contributed by atoms with Crippen molar-refractivity contribution >= 4 is 12.6 Å². The smallest absolute Gasteiger partial charge is 0.0158 e. The minimum Gasteiger partial charge on any atom is -0.175 e. The van der Waals surface area contributed by atoms with Crippen molar-refractivity contribution in [2.24, 2.45) is 0 Å². The van der Waals surface area contributed by atoms with Crippen molar-refractivity contribution < 1.29 is 0 Å². The highest BCUT2D eigenvalue weighted by molar-refractivity contribution is 7.80. The van der Waals surface area contributed by atoms with Gasteiger partial charge >= 0.3 is 0 Å². The molecule has 0 amide bonds. The number of allylic oxidation sites excluding steroid dienone is 1. The van der Waals surface area contributed by atoms with Gasteiger partial charge in [0.15, 0.2) is 0 Å². The second-order valence-corrected chi connectivity index (χ2v) is 3.76. The summed E-state index contributed by atoms with van der Waals surface area (Å²) >= 11 is 4.07. The van der Waals surface area contributed by atoms with Crippen LogP contribution in [0.5, 0.6) is 0 Å². The summed E-state index contributed by atoms with van der Waals surface area (Å²) in [7, 11) is 0. The molecule has 0 aliphatic carbocycles. The molecule has 0 heterocycles. The van der Waals surface area contributed by atoms with E-state index in [4.69, 9.17) is 0 Å². The van der Waals surface area contributed by atoms with Gasteiger partial charge in [-0.1, -0.05) is 25.3 Å². The van der Waals surface area contributed by atoms with E-state index in [1.807, 2.05) is 12.2 Å². The summed E-state index contributed by atoms with van der Waals surface area (Å²) in [6.07, 6.45) is 15.0. The molecule has 80 valence electrons. The maximum atomic E-state index is 4.07. The Labute approximate surface area is 94.2 Å². The van der Waals surface area contributed by atoms with E-state index in [1.54, 1.807) is 0 Å². The molecule has 14 heavy (non-hydrogen) atoms. The Bertz CT molecular complexity index is 176. The highest BCUT2D eigenvalue weighted by Gasteiger charge is 1.87. The lowest BCUT2D eigenvalue weighted by atomic mass is 10.1. The Hall–Kier alpha value is -0.390. The Morgan fingerprint density at radius 1 is 0.929 bits per heavy atom. The molecule has 0 saturated carbocycles. The lowest BCUT2D eigenvalue weighted by Gasteiger charge is -1.97. The fourth-order valence-electron chi connectivity index (χ4n) is 1.28. The van der Waals surface area contributed by atoms with Crippen LogP contribution in [-0.2, 0) is 0 Å². The van der Waals surface area contributed by atoms with E-state index < -0.39 is 0 Å². The molecular weight excluding hydrogens is 188 g/mol. The number of thiol groups is 1. The van der Waals surface area contributed by atoms with Crippen LogP contribution in [0.25, 0.3) is 0 Å². The van der Waals surface area contributed by atoms with Gasteiger partial charge < -0.3 is 0 Å². The van der Waals surface area contributed by atoms with Gasteiger partial charge in [-0.05, 0) is 37.8 Å². The molecule has 0 unspecified atom stereocenters. The monoisotopic (exact) mass is 210 g/mol. The van der Waals surface area contributed by atoms with Crippen molar-refractivity contribution in [3.05, 3.63) is 30.5 Å². The predicted octanol–water partition coefficient (Wildman–Crippen LogP) is 4.54. The van der Waals surface area contributed by atoms with Gasteiger partial charge in [0.25, 0.3) is 0 Å². The van der Waals surface area contributed by atoms with Crippen LogP contribution in [0.15, 0.2) is 30.5 Å². The van der Waals surface area contributed by atoms with Crippen LogP contribution in [0.2, 0.25) is 0 Å². The summed E-state index contributed by atoms with van der Waals surface area (Å²) in [5.41, 5.74) is 3.11. The van der Waals surface area contributed by atoms with Gasteiger partial charge in [-0.3, -0.25) is 0 Å². The van der Waals surface area contributed by atoms with Crippen LogP contribution < -0.4 is 0 Å². The van der Waals surface area contributed by atoms with Crippen LogP contribution in [0.3, 0.4) is 0 Å². The van der Waals surface area contributed by atoms with Crippen molar-refractivity contribution in [2.45, 2.75) is 44.9 Å². The third-order valence-corrected chi connectivity index (χ3v) is 2.27. The third-order valence-electron chi connectivity index (χ3n) is 2.08. The van der Waals surface area contributed by atoms with Crippen molar-refractivity contribution in [1.82, 2.24) is 0 Å². The Kier molecular flexibility index (Phi) is 12.3. The molecule has 0 N–H and O–H groups in total. The number of hydrogen-bond donors (Lipinski definition) is 1. The second kappa shape index (κ2) is 12.6. The molecule has 0 rings (SSSR count). The molecule has 0 saturated heterocycles. The van der Waals surface area contributed by atoms with E-state index >= 15 is 0 Å². The first kappa shape index (κ1) is 13.6. The van der Waals surface area contributed by atoms with E-state index in [2.05, 4.69) is 31.0 Å². The topological polar surface area (TPSA) is 0 Å². The fraction of sp³-hybridized carbons (Fsp3) is 0.615. The summed E-state index contributed by atoms with van der Waals surface area (Å²) in [6, 6.07) is 0. The molecule has 0 radical (unpaired) electrons. The van der Waals surface area contributed by atoms with Gasteiger partial charge in [0.1, 0.15) is 0 Å². The predicted molar refractivity (Wildman–Crippen MR) is 69.0 cm³/mol. The molecule has 1 heteroatoms. The summed E-state index contributed by atoms with van der Waals surface area (Å²) in [5, 5.41) is 0. The summed E-state index contributed by atoms with van der Waals surface area (Å²) < 4.78 is 0. The van der Waals surface area contributed by atoms with Crippen LogP contribution >= 0.6 is 12.6 Å². The maximum absolute atomic E-state index is 4.07. The molecule has 0 aliphatic heterocycles. The average molecular weight is 210 g/mol. The van der Waals surface area contributed by atoms with E-state index in [9.17, 15) is 0 Å². The standard InChI is InChI=1S/C13H22S/c1-2-3-4-5-6-7-8-9-10-11-12-13-14/h2,10,12,14H,1,3-9,13H2. The highest BCUT2D eigenvalue weighted by atomic mass is 32.1. The second-order valence-electron chi connectivity index (χ2n) is 3.39. The molecule has 0 spiro atoms. The van der Waals surface area contributed by atoms with Crippen LogP contribution in [0, 0.1) is 0 Å². The van der Waals surface area contributed by atoms with E-state index in [0.29, 0.717) is 0 Å². The zero-order chi connectivity index (χ0) is 10.5. The van der Waals surface area contributed by atoms with Crippen LogP contribution in [0.4, 0.5) is 0 Å². The van der Waals surface area contributed by atoms with E-state index in [-0.39, 0.29) is 0 Å². The molecule has 0 bridgehead atoms. The Morgan fingerprint density at radius 2 is 1.57 bits per heavy atom. The van der Waals surface area contributed by atoms with Crippen molar-refractivity contribution in [3.8, 4) is 0 Å². The number of hydrogen-bond acceptors (Lipinski definition) is 1. The summed E-state index contributed by atoms with van der Waals surface area (Å²) in [5.74, 6) is 0.790. The molecule has 0 aromatic rings. The Balaban J connectivity index is 3.06. The van der Waals surface area contributed by atoms with Gasteiger partial charge in [0.05, 0.1) is 0 Å². The lowest BCUT2D eigenvalue weighted by molar-refractivity contribution is 0.622. The van der Waals surface area contributed by atoms with Gasteiger partial charge in [0.2, 0.25) is 0 Å². The zero-order valence-corrected chi connectivity index (χ0v) is 9.94. The molecule has 0 aliphatic rings. The van der Waals surface area contributed by atoms with Crippen LogP contribution in [-0.4, -0.2) is 5.75 Å². The Morgan fingerprint density at radius 3 is 2.21 bits per heavy atom. The quantitative estimate of drug-likeness (QED) is 0.245. The van der Waals surface area contributed by atoms with Gasteiger partial charge in [-0.25, -0.2) is 0 Å². The van der Waals surface area contributed by atoms with Gasteiger partial charge in [-0.2, -0.15) is 12.6 Å². The van der Waals surface area contributed by atoms with E-state index in [1.165, 1.54) is 38.5 Å². The summed E-state index contributed by atoms with van der Waals surface area (Å²) in [6.45, 7) is 3.71. The SMILES string of the molecule is C=CCCCCCCCC=C=CCS. The zero-order valence-electron chi connectivity index (χ0n) is 9.04. The maximum Gasteiger partial charge on any atom is 0.0158 e. The first-order chi connectivity index (χ1) is 6.91. The summed E-state index contributed by atoms with van der Waals surface area (Å²) in [4.78, 5) is 0.